The SMILES string of the molecule is CN(C)NC(=O)C(C)(C)c1csc2ccccc12. The largest absolute Gasteiger partial charge is 0.289 e. The molecule has 0 aliphatic rings. The molecule has 0 aliphatic heterocycles. The quantitative estimate of drug-likeness (QED) is 0.863. The van der Waals surface area contributed by atoms with Gasteiger partial charge in [0.25, 0.3) is 0 Å². The summed E-state index contributed by atoms with van der Waals surface area (Å²) < 4.78 is 1.22. The Balaban J connectivity index is 2.43. The van der Waals surface area contributed by atoms with Crippen LogP contribution in [0.5, 0.6) is 0 Å². The van der Waals surface area contributed by atoms with E-state index < -0.39 is 5.41 Å². The van der Waals surface area contributed by atoms with Crippen LogP contribution in [0.1, 0.15) is 19.4 Å². The van der Waals surface area contributed by atoms with E-state index in [0.29, 0.717) is 0 Å². The molecule has 0 fully saturated rings. The van der Waals surface area contributed by atoms with Crippen LogP contribution >= 0.6 is 11.3 Å². The average Bonchev–Trinajstić information content (AvgIpc) is 2.72. The van der Waals surface area contributed by atoms with Gasteiger partial charge in [-0.25, -0.2) is 5.01 Å². The number of thiophene rings is 1. The normalized spacial score (nSPS) is 12.1. The molecule has 1 aromatic heterocycles. The maximum absolute atomic E-state index is 12.3. The minimum Gasteiger partial charge on any atom is -0.289 e. The van der Waals surface area contributed by atoms with E-state index in [-0.39, 0.29) is 5.91 Å². The number of hydrazine groups is 1. The molecule has 0 bridgehead atoms. The van der Waals surface area contributed by atoms with Gasteiger partial charge in [0.2, 0.25) is 5.91 Å². The van der Waals surface area contributed by atoms with E-state index in [1.165, 1.54) is 10.1 Å². The molecule has 0 unspecified atom stereocenters. The van der Waals surface area contributed by atoms with E-state index in [2.05, 4.69) is 22.9 Å². The molecule has 4 heteroatoms. The first-order valence-electron chi connectivity index (χ1n) is 5.88. The Hall–Kier alpha value is -1.39. The lowest BCUT2D eigenvalue weighted by molar-refractivity contribution is -0.129. The fraction of sp³-hybridized carbons (Fsp3) is 0.357. The molecule has 1 aromatic carbocycles. The van der Waals surface area contributed by atoms with Crippen LogP contribution in [0.2, 0.25) is 0 Å². The first-order chi connectivity index (χ1) is 8.43. The number of hydrogen-bond donors (Lipinski definition) is 1. The highest BCUT2D eigenvalue weighted by Gasteiger charge is 2.32. The molecule has 1 amide bonds. The monoisotopic (exact) mass is 262 g/mol. The molecule has 0 spiro atoms. The number of carbonyl (C=O) groups excluding carboxylic acids is 1. The van der Waals surface area contributed by atoms with Crippen molar-refractivity contribution >= 4 is 27.3 Å². The summed E-state index contributed by atoms with van der Waals surface area (Å²) in [7, 11) is 3.64. The Kier molecular flexibility index (Phi) is 3.41. The lowest BCUT2D eigenvalue weighted by Crippen LogP contribution is -2.46. The number of fused-ring (bicyclic) bond motifs is 1. The summed E-state index contributed by atoms with van der Waals surface area (Å²) in [6.45, 7) is 3.92. The van der Waals surface area contributed by atoms with Gasteiger partial charge < -0.3 is 0 Å². The molecular weight excluding hydrogens is 244 g/mol. The average molecular weight is 262 g/mol. The maximum Gasteiger partial charge on any atom is 0.244 e. The molecular formula is C14H18N2OS. The van der Waals surface area contributed by atoms with Crippen molar-refractivity contribution in [3.8, 4) is 0 Å². The highest BCUT2D eigenvalue weighted by atomic mass is 32.1. The van der Waals surface area contributed by atoms with Crippen LogP contribution in [0.3, 0.4) is 0 Å². The second-order valence-electron chi connectivity index (χ2n) is 5.11. The summed E-state index contributed by atoms with van der Waals surface area (Å²) in [6.07, 6.45) is 0. The molecule has 0 aliphatic carbocycles. The highest BCUT2D eigenvalue weighted by Crippen LogP contribution is 2.34. The van der Waals surface area contributed by atoms with Crippen LogP contribution in [-0.4, -0.2) is 25.0 Å². The summed E-state index contributed by atoms with van der Waals surface area (Å²) in [5.74, 6) is 0.0102. The predicted molar refractivity (Wildman–Crippen MR) is 76.7 cm³/mol. The van der Waals surface area contributed by atoms with Gasteiger partial charge in [-0.05, 0) is 36.2 Å². The number of hydrogen-bond acceptors (Lipinski definition) is 3. The third-order valence-electron chi connectivity index (χ3n) is 3.05. The van der Waals surface area contributed by atoms with E-state index >= 15 is 0 Å². The zero-order valence-corrected chi connectivity index (χ0v) is 12.0. The first-order valence-corrected chi connectivity index (χ1v) is 6.76. The Bertz CT molecular complexity index is 572. The minimum atomic E-state index is -0.538. The lowest BCUT2D eigenvalue weighted by Gasteiger charge is -2.25. The van der Waals surface area contributed by atoms with Gasteiger partial charge in [0.15, 0.2) is 0 Å². The second kappa shape index (κ2) is 4.71. The summed E-state index contributed by atoms with van der Waals surface area (Å²) in [5, 5.41) is 4.93. The Morgan fingerprint density at radius 2 is 1.94 bits per heavy atom. The molecule has 0 radical (unpaired) electrons. The van der Waals surface area contributed by atoms with Gasteiger partial charge in [0.1, 0.15) is 0 Å². The van der Waals surface area contributed by atoms with Crippen molar-refractivity contribution in [2.45, 2.75) is 19.3 Å². The summed E-state index contributed by atoms with van der Waals surface area (Å²) >= 11 is 1.68. The molecule has 3 nitrogen and oxygen atoms in total. The molecule has 96 valence electrons. The van der Waals surface area contributed by atoms with Crippen molar-refractivity contribution in [1.29, 1.82) is 0 Å². The van der Waals surface area contributed by atoms with Crippen molar-refractivity contribution < 1.29 is 4.79 Å². The summed E-state index contributed by atoms with van der Waals surface area (Å²) in [5.41, 5.74) is 3.38. The van der Waals surface area contributed by atoms with Gasteiger partial charge in [-0.3, -0.25) is 10.2 Å². The zero-order chi connectivity index (χ0) is 13.3. The van der Waals surface area contributed by atoms with Crippen LogP contribution in [-0.2, 0) is 10.2 Å². The smallest absolute Gasteiger partial charge is 0.244 e. The third kappa shape index (κ3) is 2.26. The number of rotatable bonds is 3. The van der Waals surface area contributed by atoms with Crippen LogP contribution < -0.4 is 5.43 Å². The van der Waals surface area contributed by atoms with E-state index in [4.69, 9.17) is 0 Å². The molecule has 0 saturated heterocycles. The van der Waals surface area contributed by atoms with Crippen molar-refractivity contribution in [3.05, 3.63) is 35.2 Å². The van der Waals surface area contributed by atoms with Crippen molar-refractivity contribution in [2.75, 3.05) is 14.1 Å². The van der Waals surface area contributed by atoms with E-state index in [1.54, 1.807) is 16.3 Å². The summed E-state index contributed by atoms with van der Waals surface area (Å²) in [4.78, 5) is 12.3. The molecule has 0 atom stereocenters. The highest BCUT2D eigenvalue weighted by molar-refractivity contribution is 7.17. The molecule has 18 heavy (non-hydrogen) atoms. The van der Waals surface area contributed by atoms with Crippen molar-refractivity contribution in [3.63, 3.8) is 0 Å². The van der Waals surface area contributed by atoms with Crippen molar-refractivity contribution in [2.24, 2.45) is 0 Å². The molecule has 2 aromatic rings. The number of carbonyl (C=O) groups is 1. The van der Waals surface area contributed by atoms with Gasteiger partial charge in [-0.1, -0.05) is 18.2 Å². The maximum atomic E-state index is 12.3. The van der Waals surface area contributed by atoms with Crippen LogP contribution in [0.25, 0.3) is 10.1 Å². The van der Waals surface area contributed by atoms with Crippen LogP contribution in [0.15, 0.2) is 29.6 Å². The fourth-order valence-electron chi connectivity index (χ4n) is 1.93. The Morgan fingerprint density at radius 3 is 2.61 bits per heavy atom. The standard InChI is InChI=1S/C14H18N2OS/c1-14(2,13(17)15-16(3)4)11-9-18-12-8-6-5-7-10(11)12/h5-9H,1-4H3,(H,15,17). The third-order valence-corrected chi connectivity index (χ3v) is 4.01. The van der Waals surface area contributed by atoms with Gasteiger partial charge in [-0.15, -0.1) is 11.3 Å². The lowest BCUT2D eigenvalue weighted by atomic mass is 9.84. The van der Waals surface area contributed by atoms with Gasteiger partial charge in [0.05, 0.1) is 5.41 Å². The number of amides is 1. The molecule has 0 saturated carbocycles. The Labute approximate surface area is 111 Å². The second-order valence-corrected chi connectivity index (χ2v) is 6.02. The number of benzene rings is 1. The van der Waals surface area contributed by atoms with Crippen LogP contribution in [0, 0.1) is 0 Å². The topological polar surface area (TPSA) is 32.3 Å². The van der Waals surface area contributed by atoms with E-state index in [1.807, 2.05) is 40.1 Å². The van der Waals surface area contributed by atoms with Gasteiger partial charge in [0, 0.05) is 18.8 Å². The summed E-state index contributed by atoms with van der Waals surface area (Å²) in [6, 6.07) is 8.20. The van der Waals surface area contributed by atoms with Crippen LogP contribution in [0.4, 0.5) is 0 Å². The predicted octanol–water partition coefficient (Wildman–Crippen LogP) is 2.77. The first kappa shape index (κ1) is 13.1. The zero-order valence-electron chi connectivity index (χ0n) is 11.2. The van der Waals surface area contributed by atoms with E-state index in [9.17, 15) is 4.79 Å². The van der Waals surface area contributed by atoms with Gasteiger partial charge in [-0.2, -0.15) is 0 Å². The molecule has 1 heterocycles. The molecule has 1 N–H and O–H groups in total. The van der Waals surface area contributed by atoms with Gasteiger partial charge >= 0.3 is 0 Å². The number of nitrogens with one attached hydrogen (secondary N) is 1. The fourth-order valence-corrected chi connectivity index (χ4v) is 3.06. The van der Waals surface area contributed by atoms with Crippen molar-refractivity contribution in [1.82, 2.24) is 10.4 Å². The van der Waals surface area contributed by atoms with E-state index in [0.717, 1.165) is 5.56 Å². The Morgan fingerprint density at radius 1 is 1.28 bits per heavy atom. The minimum absolute atomic E-state index is 0.0102. The molecule has 2 rings (SSSR count). The number of nitrogens with zero attached hydrogens (tertiary/aromatic N) is 1.